The van der Waals surface area contributed by atoms with Crippen LogP contribution in [0.2, 0.25) is 0 Å². The molecule has 3 N–H and O–H groups in total. The SMILES string of the molecule is CCN(CC)c1cccc(OCC[C@@H]2CNCCN2C(=O)c2[nH]c([C@H]3CCCC[C@@]3(O)COC)nc2-c2ccccc2)c1. The molecule has 0 unspecified atom stereocenters. The molecule has 1 saturated carbocycles. The first kappa shape index (κ1) is 31.0. The monoisotopic (exact) mass is 589 g/mol. The molecule has 9 heteroatoms. The lowest BCUT2D eigenvalue weighted by molar-refractivity contribution is -0.0732. The number of aliphatic hydroxyl groups is 1. The highest BCUT2D eigenvalue weighted by molar-refractivity contribution is 5.98. The summed E-state index contributed by atoms with van der Waals surface area (Å²) < 4.78 is 11.6. The summed E-state index contributed by atoms with van der Waals surface area (Å²) >= 11 is 0. The molecule has 0 spiro atoms. The van der Waals surface area contributed by atoms with Crippen molar-refractivity contribution in [1.82, 2.24) is 20.2 Å². The minimum Gasteiger partial charge on any atom is -0.493 e. The molecule has 2 fully saturated rings. The maximum atomic E-state index is 14.3. The minimum absolute atomic E-state index is 0.0253. The summed E-state index contributed by atoms with van der Waals surface area (Å²) in [5, 5.41) is 15.0. The van der Waals surface area contributed by atoms with Gasteiger partial charge in [0.05, 0.1) is 18.8 Å². The van der Waals surface area contributed by atoms with Crippen molar-refractivity contribution in [2.75, 3.05) is 57.9 Å². The molecule has 1 aromatic heterocycles. The molecule has 43 heavy (non-hydrogen) atoms. The molecule has 1 aliphatic heterocycles. The van der Waals surface area contributed by atoms with Crippen molar-refractivity contribution < 1.29 is 19.4 Å². The maximum Gasteiger partial charge on any atom is 0.272 e. The summed E-state index contributed by atoms with van der Waals surface area (Å²) in [7, 11) is 1.62. The standard InChI is InChI=1S/C34H47N5O4/c1-4-38(5-2)26-14-11-15-28(22-26)43-21-17-27-23-35-19-20-39(27)33(40)31-30(25-12-7-6-8-13-25)36-32(37-31)29-16-9-10-18-34(29,41)24-42-3/h6-8,11-15,22,27,29,35,41H,4-5,9-10,16-21,23-24H2,1-3H3,(H,36,37)/t27-,29-,34-/m1/s1. The number of nitrogens with zero attached hydrogens (tertiary/aromatic N) is 3. The summed E-state index contributed by atoms with van der Waals surface area (Å²) in [5.74, 6) is 1.19. The van der Waals surface area contributed by atoms with E-state index in [0.29, 0.717) is 49.8 Å². The van der Waals surface area contributed by atoms with E-state index in [4.69, 9.17) is 14.5 Å². The minimum atomic E-state index is -1.02. The molecular weight excluding hydrogens is 542 g/mol. The second kappa shape index (κ2) is 14.4. The quantitative estimate of drug-likeness (QED) is 0.278. The van der Waals surface area contributed by atoms with Crippen LogP contribution in [0.15, 0.2) is 54.6 Å². The maximum absolute atomic E-state index is 14.3. The van der Waals surface area contributed by atoms with Crippen molar-refractivity contribution in [1.29, 1.82) is 0 Å². The number of ether oxygens (including phenoxy) is 2. The van der Waals surface area contributed by atoms with Gasteiger partial charge in [-0.3, -0.25) is 4.79 Å². The normalized spacial score (nSPS) is 22.4. The number of benzene rings is 2. The van der Waals surface area contributed by atoms with Gasteiger partial charge in [-0.15, -0.1) is 0 Å². The molecule has 9 nitrogen and oxygen atoms in total. The van der Waals surface area contributed by atoms with Crippen LogP contribution in [-0.2, 0) is 4.74 Å². The van der Waals surface area contributed by atoms with Crippen molar-refractivity contribution in [2.45, 2.75) is 63.5 Å². The molecule has 1 saturated heterocycles. The number of carbonyl (C=O) groups excluding carboxylic acids is 1. The van der Waals surface area contributed by atoms with Crippen LogP contribution in [0.25, 0.3) is 11.3 Å². The first-order valence-electron chi connectivity index (χ1n) is 15.8. The molecule has 5 rings (SSSR count). The van der Waals surface area contributed by atoms with E-state index < -0.39 is 5.60 Å². The smallest absolute Gasteiger partial charge is 0.272 e. The number of rotatable bonds is 12. The third kappa shape index (κ3) is 7.06. The lowest BCUT2D eigenvalue weighted by atomic mass is 9.75. The molecule has 2 heterocycles. The number of piperazine rings is 1. The van der Waals surface area contributed by atoms with Crippen molar-refractivity contribution in [3.8, 4) is 17.0 Å². The predicted octanol–water partition coefficient (Wildman–Crippen LogP) is 4.84. The van der Waals surface area contributed by atoms with Gasteiger partial charge in [0, 0.05) is 75.5 Å². The van der Waals surface area contributed by atoms with Crippen LogP contribution in [0.3, 0.4) is 0 Å². The summed E-state index contributed by atoms with van der Waals surface area (Å²) in [6, 6.07) is 18.0. The average molecular weight is 590 g/mol. The van der Waals surface area contributed by atoms with E-state index in [0.717, 1.165) is 55.9 Å². The zero-order valence-electron chi connectivity index (χ0n) is 25.8. The number of anilines is 1. The van der Waals surface area contributed by atoms with Gasteiger partial charge in [-0.1, -0.05) is 49.2 Å². The Morgan fingerprint density at radius 1 is 1.14 bits per heavy atom. The van der Waals surface area contributed by atoms with Gasteiger partial charge in [0.1, 0.15) is 23.0 Å². The molecule has 2 aliphatic rings. The second-order valence-electron chi connectivity index (χ2n) is 11.7. The largest absolute Gasteiger partial charge is 0.493 e. The molecule has 0 bridgehead atoms. The van der Waals surface area contributed by atoms with Crippen LogP contribution in [0.1, 0.15) is 68.2 Å². The van der Waals surface area contributed by atoms with Gasteiger partial charge in [-0.05, 0) is 38.8 Å². The fraction of sp³-hybridized carbons (Fsp3) is 0.529. The van der Waals surface area contributed by atoms with Gasteiger partial charge in [-0.2, -0.15) is 0 Å². The molecular formula is C34H47N5O4. The highest BCUT2D eigenvalue weighted by Crippen LogP contribution is 2.41. The number of carbonyl (C=O) groups is 1. The Balaban J connectivity index is 1.36. The van der Waals surface area contributed by atoms with Gasteiger partial charge < -0.3 is 34.7 Å². The molecule has 3 atom stereocenters. The third-order valence-corrected chi connectivity index (χ3v) is 8.99. The fourth-order valence-electron chi connectivity index (χ4n) is 6.65. The zero-order valence-corrected chi connectivity index (χ0v) is 25.8. The lowest BCUT2D eigenvalue weighted by Crippen LogP contribution is -2.54. The van der Waals surface area contributed by atoms with E-state index in [1.165, 1.54) is 0 Å². The number of imidazole rings is 1. The van der Waals surface area contributed by atoms with E-state index >= 15 is 0 Å². The number of amides is 1. The van der Waals surface area contributed by atoms with Crippen molar-refractivity contribution in [2.24, 2.45) is 0 Å². The van der Waals surface area contributed by atoms with Crippen LogP contribution in [0.4, 0.5) is 5.69 Å². The highest BCUT2D eigenvalue weighted by atomic mass is 16.5. The number of hydrogen-bond donors (Lipinski definition) is 3. The Hall–Kier alpha value is -3.40. The summed E-state index contributed by atoms with van der Waals surface area (Å²) in [5.41, 5.74) is 2.12. The summed E-state index contributed by atoms with van der Waals surface area (Å²) in [6.07, 6.45) is 4.08. The van der Waals surface area contributed by atoms with Crippen LogP contribution in [0, 0.1) is 0 Å². The second-order valence-corrected chi connectivity index (χ2v) is 11.7. The van der Waals surface area contributed by atoms with Crippen LogP contribution in [0.5, 0.6) is 5.75 Å². The molecule has 2 aromatic carbocycles. The van der Waals surface area contributed by atoms with E-state index in [1.54, 1.807) is 7.11 Å². The molecule has 1 aliphatic carbocycles. The number of nitrogens with one attached hydrogen (secondary N) is 2. The third-order valence-electron chi connectivity index (χ3n) is 8.99. The van der Waals surface area contributed by atoms with Crippen LogP contribution < -0.4 is 15.0 Å². The lowest BCUT2D eigenvalue weighted by Gasteiger charge is -2.38. The zero-order chi connectivity index (χ0) is 30.2. The number of aromatic nitrogens is 2. The van der Waals surface area contributed by atoms with Gasteiger partial charge in [0.2, 0.25) is 0 Å². The highest BCUT2D eigenvalue weighted by Gasteiger charge is 2.42. The summed E-state index contributed by atoms with van der Waals surface area (Å²) in [6.45, 7) is 8.96. The van der Waals surface area contributed by atoms with Crippen LogP contribution in [-0.4, -0.2) is 90.6 Å². The average Bonchev–Trinajstić information content (AvgIpc) is 3.48. The molecule has 3 aromatic rings. The Bertz CT molecular complexity index is 1320. The van der Waals surface area contributed by atoms with E-state index in [1.807, 2.05) is 47.4 Å². The number of methoxy groups -OCH3 is 1. The first-order valence-corrected chi connectivity index (χ1v) is 15.8. The van der Waals surface area contributed by atoms with Crippen molar-refractivity contribution in [3.05, 3.63) is 66.1 Å². The molecule has 0 radical (unpaired) electrons. The van der Waals surface area contributed by atoms with Gasteiger partial charge in [-0.25, -0.2) is 4.98 Å². The van der Waals surface area contributed by atoms with E-state index in [9.17, 15) is 9.90 Å². The first-order chi connectivity index (χ1) is 21.0. The van der Waals surface area contributed by atoms with Gasteiger partial charge in [0.15, 0.2) is 0 Å². The molecule has 1 amide bonds. The topological polar surface area (TPSA) is 103 Å². The Morgan fingerprint density at radius 2 is 1.95 bits per heavy atom. The van der Waals surface area contributed by atoms with Crippen molar-refractivity contribution in [3.63, 3.8) is 0 Å². The van der Waals surface area contributed by atoms with E-state index in [-0.39, 0.29) is 24.5 Å². The Morgan fingerprint density at radius 3 is 2.72 bits per heavy atom. The van der Waals surface area contributed by atoms with Gasteiger partial charge in [0.25, 0.3) is 5.91 Å². The summed E-state index contributed by atoms with van der Waals surface area (Å²) in [4.78, 5) is 27.0. The number of hydrogen-bond acceptors (Lipinski definition) is 7. The fourth-order valence-corrected chi connectivity index (χ4v) is 6.65. The van der Waals surface area contributed by atoms with Gasteiger partial charge >= 0.3 is 0 Å². The predicted molar refractivity (Wildman–Crippen MR) is 170 cm³/mol. The van der Waals surface area contributed by atoms with Crippen molar-refractivity contribution >= 4 is 11.6 Å². The number of aromatic amines is 1. The molecule has 232 valence electrons. The Kier molecular flexibility index (Phi) is 10.4. The van der Waals surface area contributed by atoms with E-state index in [2.05, 4.69) is 41.2 Å². The van der Waals surface area contributed by atoms with Crippen LogP contribution >= 0.6 is 0 Å². The Labute approximate surface area is 255 Å². The number of H-pyrrole nitrogens is 1.